The Morgan fingerprint density at radius 1 is 1.16 bits per heavy atom. The van der Waals surface area contributed by atoms with E-state index >= 15 is 0 Å². The third-order valence-corrected chi connectivity index (χ3v) is 6.95. The highest BCUT2D eigenvalue weighted by Gasteiger charge is 2.22. The van der Waals surface area contributed by atoms with Gasteiger partial charge in [-0.15, -0.1) is 0 Å². The lowest BCUT2D eigenvalue weighted by Crippen LogP contribution is -2.18. The van der Waals surface area contributed by atoms with E-state index in [4.69, 9.17) is 9.47 Å². The van der Waals surface area contributed by atoms with Crippen molar-refractivity contribution in [3.05, 3.63) is 58.0 Å². The van der Waals surface area contributed by atoms with E-state index < -0.39 is 5.97 Å². The first-order chi connectivity index (χ1) is 15.5. The van der Waals surface area contributed by atoms with Crippen molar-refractivity contribution in [1.29, 1.82) is 0 Å². The van der Waals surface area contributed by atoms with Crippen LogP contribution in [0.5, 0.6) is 0 Å². The minimum absolute atomic E-state index is 0.176. The predicted molar refractivity (Wildman–Crippen MR) is 122 cm³/mol. The molecule has 1 atom stereocenters. The Bertz CT molecular complexity index is 1180. The van der Waals surface area contributed by atoms with E-state index in [1.807, 2.05) is 32.0 Å². The molecule has 0 bridgehead atoms. The Morgan fingerprint density at radius 2 is 2.00 bits per heavy atom. The quantitative estimate of drug-likeness (QED) is 0.451. The lowest BCUT2D eigenvalue weighted by atomic mass is 9.95. The Balaban J connectivity index is 1.27. The van der Waals surface area contributed by atoms with Crippen LogP contribution in [0.25, 0.3) is 10.9 Å². The van der Waals surface area contributed by atoms with Crippen molar-refractivity contribution < 1.29 is 19.1 Å². The standard InChI is InChI=1S/C26H30N2O4/c1-16-12-21(17(2)28(16)14-19-6-5-11-31-19)25(29)15-32-26(30)18-9-10-24-22(13-18)20-7-3-4-8-23(20)27-24/h9-10,12-13,19,27H,3-8,11,14-15H2,1-2H3/t19-/m1/s1. The van der Waals surface area contributed by atoms with Crippen LogP contribution in [0.4, 0.5) is 0 Å². The molecule has 0 unspecified atom stereocenters. The maximum atomic E-state index is 12.8. The number of aromatic nitrogens is 2. The molecule has 6 nitrogen and oxygen atoms in total. The van der Waals surface area contributed by atoms with Crippen LogP contribution >= 0.6 is 0 Å². The van der Waals surface area contributed by atoms with Crippen LogP contribution in [0.15, 0.2) is 24.3 Å². The summed E-state index contributed by atoms with van der Waals surface area (Å²) in [5.41, 5.74) is 6.68. The first-order valence-corrected chi connectivity index (χ1v) is 11.6. The smallest absolute Gasteiger partial charge is 0.338 e. The predicted octanol–water partition coefficient (Wildman–Crippen LogP) is 4.68. The number of Topliss-reactive ketones (excluding diaryl/α,β-unsaturated/α-hetero) is 1. The summed E-state index contributed by atoms with van der Waals surface area (Å²) in [5, 5.41) is 1.10. The molecule has 2 aromatic heterocycles. The minimum Gasteiger partial charge on any atom is -0.454 e. The Kier molecular flexibility index (Phi) is 5.64. The van der Waals surface area contributed by atoms with E-state index in [1.54, 1.807) is 6.07 Å². The average molecular weight is 435 g/mol. The molecule has 3 aromatic rings. The maximum Gasteiger partial charge on any atom is 0.338 e. The molecule has 1 saturated heterocycles. The van der Waals surface area contributed by atoms with Gasteiger partial charge in [0.15, 0.2) is 6.61 Å². The van der Waals surface area contributed by atoms with Crippen molar-refractivity contribution >= 4 is 22.7 Å². The molecular weight excluding hydrogens is 404 g/mol. The highest BCUT2D eigenvalue weighted by atomic mass is 16.5. The summed E-state index contributed by atoms with van der Waals surface area (Å²) in [4.78, 5) is 29.0. The van der Waals surface area contributed by atoms with Crippen molar-refractivity contribution in [2.24, 2.45) is 0 Å². The van der Waals surface area contributed by atoms with Crippen molar-refractivity contribution in [3.8, 4) is 0 Å². The number of benzene rings is 1. The van der Waals surface area contributed by atoms with Gasteiger partial charge in [0.2, 0.25) is 5.78 Å². The molecule has 1 aliphatic heterocycles. The number of H-pyrrole nitrogens is 1. The average Bonchev–Trinajstić information content (AvgIpc) is 3.51. The first-order valence-electron chi connectivity index (χ1n) is 11.6. The second kappa shape index (κ2) is 8.58. The van der Waals surface area contributed by atoms with Crippen LogP contribution < -0.4 is 0 Å². The molecule has 0 amide bonds. The number of hydrogen-bond acceptors (Lipinski definition) is 4. The van der Waals surface area contributed by atoms with Crippen LogP contribution in [-0.4, -0.2) is 40.6 Å². The SMILES string of the molecule is Cc1cc(C(=O)COC(=O)c2ccc3[nH]c4c(c3c2)CCCC4)c(C)n1C[C@H]1CCCO1. The summed E-state index contributed by atoms with van der Waals surface area (Å²) >= 11 is 0. The van der Waals surface area contributed by atoms with Gasteiger partial charge in [-0.1, -0.05) is 0 Å². The summed E-state index contributed by atoms with van der Waals surface area (Å²) in [5.74, 6) is -0.635. The van der Waals surface area contributed by atoms with Crippen LogP contribution in [0.1, 0.15) is 69.0 Å². The van der Waals surface area contributed by atoms with E-state index in [2.05, 4.69) is 9.55 Å². The number of carbonyl (C=O) groups excluding carboxylic acids is 2. The number of aryl methyl sites for hydroxylation is 3. The molecule has 0 spiro atoms. The van der Waals surface area contributed by atoms with Crippen LogP contribution in [0, 0.1) is 13.8 Å². The van der Waals surface area contributed by atoms with Crippen molar-refractivity contribution in [3.63, 3.8) is 0 Å². The largest absolute Gasteiger partial charge is 0.454 e. The second-order valence-corrected chi connectivity index (χ2v) is 9.08. The zero-order valence-corrected chi connectivity index (χ0v) is 18.8. The molecule has 1 N–H and O–H groups in total. The van der Waals surface area contributed by atoms with Gasteiger partial charge < -0.3 is 19.0 Å². The van der Waals surface area contributed by atoms with Gasteiger partial charge in [0, 0.05) is 46.7 Å². The van der Waals surface area contributed by atoms with Crippen molar-refractivity contribution in [1.82, 2.24) is 9.55 Å². The van der Waals surface area contributed by atoms with E-state index in [-0.39, 0.29) is 18.5 Å². The van der Waals surface area contributed by atoms with Crippen molar-refractivity contribution in [2.75, 3.05) is 13.2 Å². The zero-order chi connectivity index (χ0) is 22.2. The molecule has 32 heavy (non-hydrogen) atoms. The van der Waals surface area contributed by atoms with Crippen LogP contribution in [-0.2, 0) is 28.9 Å². The molecule has 0 radical (unpaired) electrons. The molecule has 3 heterocycles. The van der Waals surface area contributed by atoms with Gasteiger partial charge in [-0.25, -0.2) is 4.79 Å². The van der Waals surface area contributed by atoms with Crippen LogP contribution in [0.3, 0.4) is 0 Å². The fraction of sp³-hybridized carbons (Fsp3) is 0.462. The number of rotatable bonds is 6. The maximum absolute atomic E-state index is 12.8. The monoisotopic (exact) mass is 434 g/mol. The third-order valence-electron chi connectivity index (χ3n) is 6.95. The topological polar surface area (TPSA) is 73.3 Å². The molecule has 168 valence electrons. The summed E-state index contributed by atoms with van der Waals surface area (Å²) in [6.45, 7) is 5.25. The number of ether oxygens (including phenoxy) is 2. The van der Waals surface area contributed by atoms with E-state index in [9.17, 15) is 9.59 Å². The zero-order valence-electron chi connectivity index (χ0n) is 18.8. The first kappa shape index (κ1) is 21.0. The number of ketones is 1. The summed E-state index contributed by atoms with van der Waals surface area (Å²) in [6, 6.07) is 7.49. The number of nitrogens with zero attached hydrogens (tertiary/aromatic N) is 1. The Labute approximate surface area is 187 Å². The summed E-state index contributed by atoms with van der Waals surface area (Å²) in [6.07, 6.45) is 6.81. The van der Waals surface area contributed by atoms with Gasteiger partial charge in [-0.05, 0) is 82.2 Å². The molecule has 1 aromatic carbocycles. The lowest BCUT2D eigenvalue weighted by Gasteiger charge is -2.14. The summed E-state index contributed by atoms with van der Waals surface area (Å²) in [7, 11) is 0. The highest BCUT2D eigenvalue weighted by molar-refractivity contribution is 6.01. The number of aromatic amines is 1. The number of fused-ring (bicyclic) bond motifs is 3. The Hall–Kier alpha value is -2.86. The van der Waals surface area contributed by atoms with Gasteiger partial charge in [0.05, 0.1) is 11.7 Å². The molecule has 0 saturated carbocycles. The third kappa shape index (κ3) is 3.88. The molecular formula is C26H30N2O4. The molecule has 1 fully saturated rings. The fourth-order valence-corrected chi connectivity index (χ4v) is 5.18. The normalized spacial score (nSPS) is 18.1. The number of hydrogen-bond donors (Lipinski definition) is 1. The van der Waals surface area contributed by atoms with Gasteiger partial charge in [-0.2, -0.15) is 0 Å². The minimum atomic E-state index is -0.459. The second-order valence-electron chi connectivity index (χ2n) is 9.08. The van der Waals surface area contributed by atoms with E-state index in [0.717, 1.165) is 61.1 Å². The van der Waals surface area contributed by atoms with Crippen molar-refractivity contribution in [2.45, 2.75) is 65.0 Å². The van der Waals surface area contributed by atoms with Gasteiger partial charge in [-0.3, -0.25) is 4.79 Å². The molecule has 5 rings (SSSR count). The Morgan fingerprint density at radius 3 is 2.81 bits per heavy atom. The van der Waals surface area contributed by atoms with Crippen LogP contribution in [0.2, 0.25) is 0 Å². The van der Waals surface area contributed by atoms with E-state index in [0.29, 0.717) is 11.1 Å². The lowest BCUT2D eigenvalue weighted by molar-refractivity contribution is 0.0474. The van der Waals surface area contributed by atoms with E-state index in [1.165, 1.54) is 24.1 Å². The van der Waals surface area contributed by atoms with Gasteiger partial charge >= 0.3 is 5.97 Å². The molecule has 1 aliphatic carbocycles. The fourth-order valence-electron chi connectivity index (χ4n) is 5.18. The molecule has 6 heteroatoms. The van der Waals surface area contributed by atoms with Gasteiger partial charge in [0.1, 0.15) is 0 Å². The number of nitrogens with one attached hydrogen (secondary N) is 1. The summed E-state index contributed by atoms with van der Waals surface area (Å²) < 4.78 is 13.3. The number of carbonyl (C=O) groups is 2. The number of esters is 1. The molecule has 2 aliphatic rings. The highest BCUT2D eigenvalue weighted by Crippen LogP contribution is 2.30. The van der Waals surface area contributed by atoms with Gasteiger partial charge in [0.25, 0.3) is 0 Å².